The van der Waals surface area contributed by atoms with E-state index in [0.717, 1.165) is 48.1 Å². The van der Waals surface area contributed by atoms with Crippen molar-refractivity contribution < 1.29 is 9.13 Å². The van der Waals surface area contributed by atoms with Crippen LogP contribution in [-0.4, -0.2) is 68.6 Å². The van der Waals surface area contributed by atoms with Crippen LogP contribution in [0, 0.1) is 0 Å². The summed E-state index contributed by atoms with van der Waals surface area (Å²) in [5.74, 6) is 1.06. The molecule has 5 heterocycles. The standard InChI is InChI=1S/C21H24FN7O/c1-30-20-19-18(15-3-11-28-17(14-15)2-8-23-28)6-12-29(19)26-21(25-20)24-16-4-9-27(10-5-16)13-7-22/h2-3,6,8,11-12,14,16H,4-5,7,9-10,13H2,1H3,(H,24,26). The van der Waals surface area contributed by atoms with Crippen molar-refractivity contribution in [3.05, 3.63) is 42.9 Å². The van der Waals surface area contributed by atoms with Crippen molar-refractivity contribution in [3.8, 4) is 17.0 Å². The van der Waals surface area contributed by atoms with Gasteiger partial charge in [0.05, 0.1) is 12.6 Å². The number of piperidine rings is 1. The van der Waals surface area contributed by atoms with E-state index in [9.17, 15) is 4.39 Å². The summed E-state index contributed by atoms with van der Waals surface area (Å²) >= 11 is 0. The Kier molecular flexibility index (Phi) is 4.96. The maximum Gasteiger partial charge on any atom is 0.244 e. The Hall–Kier alpha value is -3.20. The van der Waals surface area contributed by atoms with E-state index in [2.05, 4.69) is 31.5 Å². The van der Waals surface area contributed by atoms with Gasteiger partial charge in [-0.2, -0.15) is 10.1 Å². The number of halogens is 1. The highest BCUT2D eigenvalue weighted by Crippen LogP contribution is 2.32. The molecule has 0 atom stereocenters. The molecule has 4 aromatic rings. The van der Waals surface area contributed by atoms with Crippen LogP contribution in [0.1, 0.15) is 12.8 Å². The fourth-order valence-electron chi connectivity index (χ4n) is 4.12. The van der Waals surface area contributed by atoms with E-state index in [4.69, 9.17) is 4.74 Å². The van der Waals surface area contributed by atoms with E-state index in [1.54, 1.807) is 13.3 Å². The third-order valence-corrected chi connectivity index (χ3v) is 5.70. The zero-order valence-electron chi connectivity index (χ0n) is 16.8. The van der Waals surface area contributed by atoms with Crippen LogP contribution >= 0.6 is 0 Å². The average molecular weight is 409 g/mol. The lowest BCUT2D eigenvalue weighted by molar-refractivity contribution is 0.202. The first-order valence-electron chi connectivity index (χ1n) is 10.2. The third-order valence-electron chi connectivity index (χ3n) is 5.70. The van der Waals surface area contributed by atoms with Gasteiger partial charge in [0.1, 0.15) is 12.2 Å². The predicted octanol–water partition coefficient (Wildman–Crippen LogP) is 2.90. The predicted molar refractivity (Wildman–Crippen MR) is 113 cm³/mol. The Bertz CT molecular complexity index is 1160. The summed E-state index contributed by atoms with van der Waals surface area (Å²) in [7, 11) is 1.62. The normalized spacial score (nSPS) is 15.8. The minimum Gasteiger partial charge on any atom is -0.479 e. The van der Waals surface area contributed by atoms with Crippen molar-refractivity contribution in [2.45, 2.75) is 18.9 Å². The van der Waals surface area contributed by atoms with E-state index < -0.39 is 0 Å². The summed E-state index contributed by atoms with van der Waals surface area (Å²) in [6, 6.07) is 8.36. The lowest BCUT2D eigenvalue weighted by Crippen LogP contribution is -2.40. The number of rotatable bonds is 6. The molecule has 4 aromatic heterocycles. The molecule has 0 bridgehead atoms. The van der Waals surface area contributed by atoms with Crippen LogP contribution in [0.3, 0.4) is 0 Å². The first-order valence-corrected chi connectivity index (χ1v) is 10.2. The van der Waals surface area contributed by atoms with Gasteiger partial charge < -0.3 is 15.0 Å². The number of methoxy groups -OCH3 is 1. The molecule has 1 aliphatic heterocycles. The van der Waals surface area contributed by atoms with Crippen LogP contribution in [0.2, 0.25) is 0 Å². The van der Waals surface area contributed by atoms with Crippen LogP contribution in [0.25, 0.3) is 22.2 Å². The molecule has 9 heteroatoms. The topological polar surface area (TPSA) is 72.0 Å². The maximum atomic E-state index is 12.5. The summed E-state index contributed by atoms with van der Waals surface area (Å²) in [6.07, 6.45) is 7.51. The minimum atomic E-state index is -0.293. The highest BCUT2D eigenvalue weighted by Gasteiger charge is 2.21. The van der Waals surface area contributed by atoms with E-state index in [1.807, 2.05) is 39.6 Å². The Morgan fingerprint density at radius 2 is 2.00 bits per heavy atom. The van der Waals surface area contributed by atoms with Crippen molar-refractivity contribution >= 4 is 17.0 Å². The van der Waals surface area contributed by atoms with Crippen LogP contribution in [0.4, 0.5) is 10.3 Å². The first kappa shape index (κ1) is 18.8. The molecule has 5 rings (SSSR count). The molecule has 0 spiro atoms. The molecule has 1 aliphatic rings. The average Bonchev–Trinajstić information content (AvgIpc) is 3.41. The van der Waals surface area contributed by atoms with Gasteiger partial charge in [-0.15, -0.1) is 5.10 Å². The second-order valence-corrected chi connectivity index (χ2v) is 7.53. The van der Waals surface area contributed by atoms with Crippen LogP contribution in [-0.2, 0) is 0 Å². The van der Waals surface area contributed by atoms with Crippen molar-refractivity contribution in [1.82, 2.24) is 29.1 Å². The van der Waals surface area contributed by atoms with E-state index >= 15 is 0 Å². The maximum absolute atomic E-state index is 12.5. The number of hydrogen-bond donors (Lipinski definition) is 1. The van der Waals surface area contributed by atoms with Crippen LogP contribution < -0.4 is 10.1 Å². The first-order chi connectivity index (χ1) is 14.7. The van der Waals surface area contributed by atoms with Crippen molar-refractivity contribution in [3.63, 3.8) is 0 Å². The molecule has 156 valence electrons. The number of nitrogens with one attached hydrogen (secondary N) is 1. The van der Waals surface area contributed by atoms with E-state index in [0.29, 0.717) is 18.4 Å². The molecular formula is C21H24FN7O. The fourth-order valence-corrected chi connectivity index (χ4v) is 4.12. The number of fused-ring (bicyclic) bond motifs is 2. The number of pyridine rings is 1. The second-order valence-electron chi connectivity index (χ2n) is 7.53. The molecule has 8 nitrogen and oxygen atoms in total. The van der Waals surface area contributed by atoms with Gasteiger partial charge in [0.2, 0.25) is 11.8 Å². The molecule has 0 radical (unpaired) electrons. The third kappa shape index (κ3) is 3.45. The number of hydrogen-bond acceptors (Lipinski definition) is 6. The summed E-state index contributed by atoms with van der Waals surface area (Å²) in [6.45, 7) is 1.98. The quantitative estimate of drug-likeness (QED) is 0.528. The largest absolute Gasteiger partial charge is 0.479 e. The highest BCUT2D eigenvalue weighted by molar-refractivity contribution is 5.85. The zero-order chi connectivity index (χ0) is 20.5. The summed E-state index contributed by atoms with van der Waals surface area (Å²) in [4.78, 5) is 6.77. The van der Waals surface area contributed by atoms with E-state index in [1.165, 1.54) is 0 Å². The number of nitrogens with zero attached hydrogens (tertiary/aromatic N) is 6. The van der Waals surface area contributed by atoms with Crippen LogP contribution in [0.5, 0.6) is 5.88 Å². The van der Waals surface area contributed by atoms with E-state index in [-0.39, 0.29) is 12.7 Å². The zero-order valence-corrected chi connectivity index (χ0v) is 16.8. The Labute approximate surface area is 173 Å². The highest BCUT2D eigenvalue weighted by atomic mass is 19.1. The molecule has 1 saturated heterocycles. The Morgan fingerprint density at radius 1 is 1.17 bits per heavy atom. The molecule has 0 amide bonds. The lowest BCUT2D eigenvalue weighted by atomic mass is 10.1. The Morgan fingerprint density at radius 3 is 2.80 bits per heavy atom. The van der Waals surface area contributed by atoms with Crippen molar-refractivity contribution in [2.24, 2.45) is 0 Å². The SMILES string of the molecule is COc1nc(NC2CCN(CCF)CC2)nn2ccc(-c3ccn4nccc4c3)c12. The van der Waals surface area contributed by atoms with Gasteiger partial charge >= 0.3 is 0 Å². The number of likely N-dealkylation sites (tertiary alicyclic amines) is 1. The van der Waals surface area contributed by atoms with Gasteiger partial charge in [-0.3, -0.25) is 0 Å². The molecule has 0 aliphatic carbocycles. The minimum absolute atomic E-state index is 0.266. The summed E-state index contributed by atoms with van der Waals surface area (Å²) in [5.41, 5.74) is 3.89. The summed E-state index contributed by atoms with van der Waals surface area (Å²) < 4.78 is 21.8. The van der Waals surface area contributed by atoms with Gasteiger partial charge in [-0.1, -0.05) is 0 Å². The van der Waals surface area contributed by atoms with Gasteiger partial charge in [-0.25, -0.2) is 13.4 Å². The Balaban J connectivity index is 1.43. The lowest BCUT2D eigenvalue weighted by Gasteiger charge is -2.31. The molecule has 0 unspecified atom stereocenters. The van der Waals surface area contributed by atoms with Gasteiger partial charge in [0, 0.05) is 49.8 Å². The molecule has 1 N–H and O–H groups in total. The van der Waals surface area contributed by atoms with Crippen molar-refractivity contribution in [1.29, 1.82) is 0 Å². The van der Waals surface area contributed by atoms with Gasteiger partial charge in [0.15, 0.2) is 0 Å². The van der Waals surface area contributed by atoms with Gasteiger partial charge in [-0.05, 0) is 42.7 Å². The number of anilines is 1. The number of ether oxygens (including phenoxy) is 1. The molecular weight excluding hydrogens is 385 g/mol. The molecule has 0 saturated carbocycles. The second kappa shape index (κ2) is 7.91. The smallest absolute Gasteiger partial charge is 0.244 e. The molecule has 1 fully saturated rings. The molecule has 0 aromatic carbocycles. The van der Waals surface area contributed by atoms with Crippen LogP contribution in [0.15, 0.2) is 42.9 Å². The number of aromatic nitrogens is 5. The summed E-state index contributed by atoms with van der Waals surface area (Å²) in [5, 5.41) is 12.3. The van der Waals surface area contributed by atoms with Crippen molar-refractivity contribution in [2.75, 3.05) is 38.7 Å². The monoisotopic (exact) mass is 409 g/mol. The van der Waals surface area contributed by atoms with Gasteiger partial charge in [0.25, 0.3) is 0 Å². The fraction of sp³-hybridized carbons (Fsp3) is 0.381. The molecule has 30 heavy (non-hydrogen) atoms. The number of alkyl halides is 1.